The number of fused-ring (bicyclic) bond motifs is 1. The van der Waals surface area contributed by atoms with Crippen molar-refractivity contribution >= 4 is 22.6 Å². The SMILES string of the molecule is COc1cccc(-c2cn(C)c3c(=O)n(CC(=O)Nc4cc(C)ccc4OC)cnc23)c1. The second-order valence-corrected chi connectivity index (χ2v) is 7.51. The smallest absolute Gasteiger partial charge is 0.278 e. The molecule has 4 rings (SSSR count). The van der Waals surface area contributed by atoms with E-state index in [9.17, 15) is 9.59 Å². The van der Waals surface area contributed by atoms with Gasteiger partial charge in [0.15, 0.2) is 0 Å². The predicted octanol–water partition coefficient (Wildman–Crippen LogP) is 3.37. The highest BCUT2D eigenvalue weighted by Gasteiger charge is 2.17. The first-order valence-electron chi connectivity index (χ1n) is 10.0. The van der Waals surface area contributed by atoms with Gasteiger partial charge < -0.3 is 19.4 Å². The summed E-state index contributed by atoms with van der Waals surface area (Å²) in [6.45, 7) is 1.76. The van der Waals surface area contributed by atoms with Gasteiger partial charge in [-0.1, -0.05) is 18.2 Å². The van der Waals surface area contributed by atoms with Crippen LogP contribution in [0.4, 0.5) is 5.69 Å². The van der Waals surface area contributed by atoms with Gasteiger partial charge in [-0.25, -0.2) is 4.98 Å². The van der Waals surface area contributed by atoms with E-state index in [2.05, 4.69) is 10.3 Å². The molecule has 8 nitrogen and oxygen atoms in total. The summed E-state index contributed by atoms with van der Waals surface area (Å²) in [5.41, 5.74) is 3.95. The number of nitrogens with zero attached hydrogens (tertiary/aromatic N) is 3. The summed E-state index contributed by atoms with van der Waals surface area (Å²) in [6, 6.07) is 13.1. The minimum absolute atomic E-state index is 0.168. The molecule has 0 aliphatic carbocycles. The Labute approximate surface area is 185 Å². The molecule has 0 spiro atoms. The van der Waals surface area contributed by atoms with Gasteiger partial charge in [-0.2, -0.15) is 0 Å². The van der Waals surface area contributed by atoms with Crippen LogP contribution in [0.3, 0.4) is 0 Å². The number of carbonyl (C=O) groups is 1. The lowest BCUT2D eigenvalue weighted by atomic mass is 10.1. The summed E-state index contributed by atoms with van der Waals surface area (Å²) in [6.07, 6.45) is 3.26. The van der Waals surface area contributed by atoms with Gasteiger partial charge >= 0.3 is 0 Å². The normalized spacial score (nSPS) is 10.9. The standard InChI is InChI=1S/C24H24N4O4/c1-15-8-9-20(32-4)19(10-15)26-21(29)13-28-14-25-22-18(12-27(2)23(22)24(28)30)16-6-5-7-17(11-16)31-3/h5-12,14H,13H2,1-4H3,(H,26,29). The fourth-order valence-electron chi connectivity index (χ4n) is 3.69. The van der Waals surface area contributed by atoms with Crippen molar-refractivity contribution < 1.29 is 14.3 Å². The van der Waals surface area contributed by atoms with Crippen LogP contribution in [0.15, 0.2) is 59.8 Å². The molecule has 1 amide bonds. The molecule has 0 radical (unpaired) electrons. The van der Waals surface area contributed by atoms with Crippen molar-refractivity contribution in [1.29, 1.82) is 0 Å². The second kappa shape index (κ2) is 8.58. The molecule has 164 valence electrons. The number of aryl methyl sites for hydroxylation is 2. The molecule has 32 heavy (non-hydrogen) atoms. The minimum atomic E-state index is -0.348. The molecule has 0 fully saturated rings. The van der Waals surface area contributed by atoms with Gasteiger partial charge in [-0.05, 0) is 42.3 Å². The molecule has 0 atom stereocenters. The monoisotopic (exact) mass is 432 g/mol. The molecule has 1 N–H and O–H groups in total. The summed E-state index contributed by atoms with van der Waals surface area (Å²) >= 11 is 0. The molecule has 0 bridgehead atoms. The summed E-state index contributed by atoms with van der Waals surface area (Å²) in [5.74, 6) is 0.922. The topological polar surface area (TPSA) is 87.4 Å². The van der Waals surface area contributed by atoms with Crippen LogP contribution in [0.1, 0.15) is 5.56 Å². The molecule has 4 aromatic rings. The Bertz CT molecular complexity index is 1370. The molecule has 2 heterocycles. The van der Waals surface area contributed by atoms with E-state index >= 15 is 0 Å². The minimum Gasteiger partial charge on any atom is -0.497 e. The fourth-order valence-corrected chi connectivity index (χ4v) is 3.69. The number of aromatic nitrogens is 3. The number of nitrogens with one attached hydrogen (secondary N) is 1. The zero-order chi connectivity index (χ0) is 22.8. The highest BCUT2D eigenvalue weighted by molar-refractivity contribution is 5.94. The number of rotatable bonds is 6. The second-order valence-electron chi connectivity index (χ2n) is 7.51. The maximum absolute atomic E-state index is 13.2. The van der Waals surface area contributed by atoms with Crippen LogP contribution in [0.25, 0.3) is 22.2 Å². The van der Waals surface area contributed by atoms with E-state index < -0.39 is 0 Å². The van der Waals surface area contributed by atoms with Gasteiger partial charge in [-0.15, -0.1) is 0 Å². The maximum Gasteiger partial charge on any atom is 0.278 e. The van der Waals surface area contributed by atoms with Crippen molar-refractivity contribution in [2.45, 2.75) is 13.5 Å². The van der Waals surface area contributed by atoms with E-state index in [4.69, 9.17) is 9.47 Å². The summed E-state index contributed by atoms with van der Waals surface area (Å²) in [7, 11) is 4.94. The maximum atomic E-state index is 13.2. The Balaban J connectivity index is 1.66. The predicted molar refractivity (Wildman–Crippen MR) is 123 cm³/mol. The van der Waals surface area contributed by atoms with Crippen LogP contribution in [-0.4, -0.2) is 34.2 Å². The molecule has 2 aromatic carbocycles. The zero-order valence-electron chi connectivity index (χ0n) is 18.4. The van der Waals surface area contributed by atoms with Gasteiger partial charge in [0, 0.05) is 18.8 Å². The molecule has 0 saturated heterocycles. The first-order chi connectivity index (χ1) is 15.4. The number of benzene rings is 2. The zero-order valence-corrected chi connectivity index (χ0v) is 18.4. The Kier molecular flexibility index (Phi) is 5.68. The van der Waals surface area contributed by atoms with Crippen LogP contribution in [0.5, 0.6) is 11.5 Å². The van der Waals surface area contributed by atoms with Crippen LogP contribution < -0.4 is 20.3 Å². The molecular weight excluding hydrogens is 408 g/mol. The third-order valence-electron chi connectivity index (χ3n) is 5.27. The first-order valence-corrected chi connectivity index (χ1v) is 10.0. The number of amides is 1. The number of ether oxygens (including phenoxy) is 2. The highest BCUT2D eigenvalue weighted by Crippen LogP contribution is 2.29. The summed E-state index contributed by atoms with van der Waals surface area (Å²) < 4.78 is 13.6. The number of carbonyl (C=O) groups excluding carboxylic acids is 1. The first kappa shape index (κ1) is 21.2. The molecule has 8 heteroatoms. The van der Waals surface area contributed by atoms with E-state index in [1.54, 1.807) is 24.8 Å². The van der Waals surface area contributed by atoms with E-state index in [1.165, 1.54) is 18.0 Å². The van der Waals surface area contributed by atoms with Crippen molar-refractivity contribution in [3.63, 3.8) is 0 Å². The summed E-state index contributed by atoms with van der Waals surface area (Å²) in [5, 5.41) is 2.81. The van der Waals surface area contributed by atoms with Crippen LogP contribution in [-0.2, 0) is 18.4 Å². The van der Waals surface area contributed by atoms with E-state index in [0.717, 1.165) is 22.4 Å². The van der Waals surface area contributed by atoms with Gasteiger partial charge in [0.1, 0.15) is 29.1 Å². The Hall–Kier alpha value is -4.07. The Morgan fingerprint density at radius 3 is 2.69 bits per heavy atom. The molecule has 2 aromatic heterocycles. The highest BCUT2D eigenvalue weighted by atomic mass is 16.5. The van der Waals surface area contributed by atoms with Crippen LogP contribution in [0.2, 0.25) is 0 Å². The van der Waals surface area contributed by atoms with E-state index in [0.29, 0.717) is 22.5 Å². The van der Waals surface area contributed by atoms with Gasteiger partial charge in [-0.3, -0.25) is 14.2 Å². The quantitative estimate of drug-likeness (QED) is 0.505. The van der Waals surface area contributed by atoms with Crippen LogP contribution >= 0.6 is 0 Å². The van der Waals surface area contributed by atoms with Gasteiger partial charge in [0.25, 0.3) is 5.56 Å². The summed E-state index contributed by atoms with van der Waals surface area (Å²) in [4.78, 5) is 30.3. The van der Waals surface area contributed by atoms with Crippen molar-refractivity contribution in [2.24, 2.45) is 7.05 Å². The van der Waals surface area contributed by atoms with Crippen molar-refractivity contribution in [1.82, 2.24) is 14.1 Å². The molecular formula is C24H24N4O4. The van der Waals surface area contributed by atoms with Crippen LogP contribution in [0, 0.1) is 6.92 Å². The number of hydrogen-bond acceptors (Lipinski definition) is 5. The lowest BCUT2D eigenvalue weighted by Crippen LogP contribution is -2.28. The molecule has 0 aliphatic heterocycles. The van der Waals surface area contributed by atoms with Gasteiger partial charge in [0.2, 0.25) is 5.91 Å². The fraction of sp³-hybridized carbons (Fsp3) is 0.208. The van der Waals surface area contributed by atoms with Crippen molar-refractivity contribution in [3.05, 3.63) is 70.9 Å². The van der Waals surface area contributed by atoms with E-state index in [1.807, 2.05) is 49.5 Å². The molecule has 0 aliphatic rings. The molecule has 0 saturated carbocycles. The lowest BCUT2D eigenvalue weighted by molar-refractivity contribution is -0.116. The van der Waals surface area contributed by atoms with Crippen molar-refractivity contribution in [3.8, 4) is 22.6 Å². The Morgan fingerprint density at radius 2 is 1.94 bits per heavy atom. The number of anilines is 1. The molecule has 0 unspecified atom stereocenters. The Morgan fingerprint density at radius 1 is 1.12 bits per heavy atom. The van der Waals surface area contributed by atoms with E-state index in [-0.39, 0.29) is 18.0 Å². The number of hydrogen-bond donors (Lipinski definition) is 1. The van der Waals surface area contributed by atoms with Crippen molar-refractivity contribution in [2.75, 3.05) is 19.5 Å². The lowest BCUT2D eigenvalue weighted by Gasteiger charge is -2.12. The largest absolute Gasteiger partial charge is 0.497 e. The third-order valence-corrected chi connectivity index (χ3v) is 5.27. The van der Waals surface area contributed by atoms with Gasteiger partial charge in [0.05, 0.1) is 26.2 Å². The average molecular weight is 432 g/mol. The third kappa shape index (κ3) is 3.94. The average Bonchev–Trinajstić information content (AvgIpc) is 3.13. The number of methoxy groups -OCH3 is 2.